The van der Waals surface area contributed by atoms with E-state index in [-0.39, 0.29) is 29.4 Å². The van der Waals surface area contributed by atoms with Gasteiger partial charge in [-0.05, 0) is 44.0 Å². The number of carbonyl (C=O) groups is 1. The molecule has 1 unspecified atom stereocenters. The summed E-state index contributed by atoms with van der Waals surface area (Å²) in [4.78, 5) is 12.9. The molecule has 0 radical (unpaired) electrons. The first-order valence-corrected chi connectivity index (χ1v) is 10.5. The van der Waals surface area contributed by atoms with Crippen LogP contribution in [0.1, 0.15) is 24.0 Å². The summed E-state index contributed by atoms with van der Waals surface area (Å²) in [5, 5.41) is 32.7. The molecule has 10 heteroatoms. The molecule has 1 saturated heterocycles. The number of aliphatic carboxylic acids is 1. The number of aromatic nitrogens is 2. The zero-order valence-electron chi connectivity index (χ0n) is 17.9. The van der Waals surface area contributed by atoms with Crippen molar-refractivity contribution in [2.75, 3.05) is 25.0 Å². The second-order valence-corrected chi connectivity index (χ2v) is 8.24. The van der Waals surface area contributed by atoms with E-state index in [2.05, 4.69) is 15.5 Å². The molecule has 0 saturated carbocycles. The maximum absolute atomic E-state index is 13.1. The highest BCUT2D eigenvalue weighted by atomic mass is 19.4. The lowest BCUT2D eigenvalue weighted by molar-refractivity contribution is -0.139. The summed E-state index contributed by atoms with van der Waals surface area (Å²) in [5.74, 6) is -0.892. The van der Waals surface area contributed by atoms with Crippen LogP contribution in [0, 0.1) is 6.92 Å². The smallest absolute Gasteiger partial charge is 0.416 e. The van der Waals surface area contributed by atoms with Crippen LogP contribution >= 0.6 is 0 Å². The molecular formula is C23H23F3N4O3. The lowest BCUT2D eigenvalue weighted by Gasteiger charge is -2.32. The van der Waals surface area contributed by atoms with Crippen molar-refractivity contribution in [1.29, 1.82) is 0 Å². The Morgan fingerprint density at radius 3 is 2.61 bits per heavy atom. The molecule has 0 amide bonds. The van der Waals surface area contributed by atoms with Gasteiger partial charge in [0.25, 0.3) is 0 Å². The lowest BCUT2D eigenvalue weighted by atomic mass is 9.97. The second kappa shape index (κ2) is 8.86. The van der Waals surface area contributed by atoms with Gasteiger partial charge in [0, 0.05) is 28.9 Å². The first-order valence-electron chi connectivity index (χ1n) is 10.5. The zero-order chi connectivity index (χ0) is 23.8. The minimum absolute atomic E-state index is 0.0251. The number of carboxylic acids is 1. The van der Waals surface area contributed by atoms with E-state index in [4.69, 9.17) is 5.11 Å². The molecule has 174 valence electrons. The number of phenols is 1. The van der Waals surface area contributed by atoms with E-state index in [0.29, 0.717) is 35.7 Å². The van der Waals surface area contributed by atoms with Gasteiger partial charge in [-0.2, -0.15) is 13.2 Å². The van der Waals surface area contributed by atoms with Crippen molar-refractivity contribution in [2.24, 2.45) is 0 Å². The van der Waals surface area contributed by atoms with Crippen LogP contribution in [-0.2, 0) is 11.0 Å². The van der Waals surface area contributed by atoms with Crippen LogP contribution in [0.3, 0.4) is 0 Å². The Morgan fingerprint density at radius 1 is 1.21 bits per heavy atom. The number of nitrogens with one attached hydrogen (secondary N) is 1. The molecule has 3 N–H and O–H groups in total. The van der Waals surface area contributed by atoms with E-state index < -0.39 is 23.5 Å². The minimum atomic E-state index is -4.57. The summed E-state index contributed by atoms with van der Waals surface area (Å²) in [5.41, 5.74) is -0.210. The van der Waals surface area contributed by atoms with Crippen molar-refractivity contribution in [1.82, 2.24) is 15.1 Å². The van der Waals surface area contributed by atoms with Gasteiger partial charge in [0.2, 0.25) is 0 Å². The third kappa shape index (κ3) is 4.85. The van der Waals surface area contributed by atoms with E-state index in [1.807, 2.05) is 17.0 Å². The number of rotatable bonds is 5. The standard InChI is InChI=1S/C23H23F3N4O3/c1-13-9-14(23(24,25)26)10-18(31)20(13)21-16-6-2-3-7-17(16)22(29-28-21)27-15-5-4-8-30(11-15)12-19(32)33/h2-3,6-7,9-10,15,31H,4-5,8,11-12H2,1H3,(H,27,29)(H,32,33). The van der Waals surface area contributed by atoms with Crippen LogP contribution in [0.2, 0.25) is 0 Å². The van der Waals surface area contributed by atoms with E-state index in [9.17, 15) is 23.1 Å². The fourth-order valence-corrected chi connectivity index (χ4v) is 4.34. The number of halogens is 3. The van der Waals surface area contributed by atoms with Gasteiger partial charge in [0.15, 0.2) is 5.82 Å². The molecule has 2 aromatic carbocycles. The average molecular weight is 460 g/mol. The molecule has 1 aliphatic heterocycles. The number of fused-ring (bicyclic) bond motifs is 1. The lowest BCUT2D eigenvalue weighted by Crippen LogP contribution is -2.44. The second-order valence-electron chi connectivity index (χ2n) is 8.24. The number of hydrogen-bond acceptors (Lipinski definition) is 6. The van der Waals surface area contributed by atoms with E-state index in [1.54, 1.807) is 12.1 Å². The number of anilines is 1. The number of aryl methyl sites for hydroxylation is 1. The van der Waals surface area contributed by atoms with Crippen LogP contribution in [0.5, 0.6) is 5.75 Å². The quantitative estimate of drug-likeness (QED) is 0.522. The van der Waals surface area contributed by atoms with Crippen LogP contribution in [-0.4, -0.2) is 57.0 Å². The van der Waals surface area contributed by atoms with Crippen LogP contribution in [0.25, 0.3) is 22.0 Å². The molecule has 0 spiro atoms. The molecule has 7 nitrogen and oxygen atoms in total. The number of phenolic OH excluding ortho intramolecular Hbond substituents is 1. The maximum atomic E-state index is 13.1. The van der Waals surface area contributed by atoms with Crippen molar-refractivity contribution in [3.63, 3.8) is 0 Å². The van der Waals surface area contributed by atoms with Gasteiger partial charge in [0.05, 0.1) is 12.1 Å². The monoisotopic (exact) mass is 460 g/mol. The highest BCUT2D eigenvalue weighted by molar-refractivity contribution is 6.01. The number of alkyl halides is 3. The van der Waals surface area contributed by atoms with Gasteiger partial charge in [0.1, 0.15) is 11.4 Å². The SMILES string of the molecule is Cc1cc(C(F)(F)F)cc(O)c1-c1nnc(NC2CCCN(CC(=O)O)C2)c2ccccc12. The fraction of sp³-hybridized carbons (Fsp3) is 0.348. The average Bonchev–Trinajstić information content (AvgIpc) is 2.74. The number of benzene rings is 2. The van der Waals surface area contributed by atoms with Crippen LogP contribution in [0.4, 0.5) is 19.0 Å². The first kappa shape index (κ1) is 22.8. The molecule has 1 aliphatic rings. The Hall–Kier alpha value is -3.40. The van der Waals surface area contributed by atoms with E-state index in [0.717, 1.165) is 18.9 Å². The Labute approximate surface area is 187 Å². The van der Waals surface area contributed by atoms with Crippen LogP contribution < -0.4 is 5.32 Å². The molecule has 1 aromatic heterocycles. The highest BCUT2D eigenvalue weighted by Gasteiger charge is 2.32. The first-order chi connectivity index (χ1) is 15.6. The molecule has 3 aromatic rings. The summed E-state index contributed by atoms with van der Waals surface area (Å²) >= 11 is 0. The third-order valence-corrected chi connectivity index (χ3v) is 5.77. The molecule has 2 heterocycles. The zero-order valence-corrected chi connectivity index (χ0v) is 17.9. The van der Waals surface area contributed by atoms with E-state index in [1.165, 1.54) is 6.92 Å². The Kier molecular flexibility index (Phi) is 6.11. The Balaban J connectivity index is 1.70. The third-order valence-electron chi connectivity index (χ3n) is 5.77. The summed E-state index contributed by atoms with van der Waals surface area (Å²) in [6.07, 6.45) is -2.89. The number of aromatic hydroxyl groups is 1. The number of hydrogen-bond donors (Lipinski definition) is 3. The van der Waals surface area contributed by atoms with Gasteiger partial charge in [-0.15, -0.1) is 10.2 Å². The normalized spacial score (nSPS) is 17.3. The van der Waals surface area contributed by atoms with Crippen LogP contribution in [0.15, 0.2) is 36.4 Å². The van der Waals surface area contributed by atoms with E-state index >= 15 is 0 Å². The van der Waals surface area contributed by atoms with Crippen molar-refractivity contribution >= 4 is 22.6 Å². The van der Waals surface area contributed by atoms with Crippen molar-refractivity contribution < 1.29 is 28.2 Å². The van der Waals surface area contributed by atoms with Gasteiger partial charge < -0.3 is 15.5 Å². The maximum Gasteiger partial charge on any atom is 0.416 e. The Morgan fingerprint density at radius 2 is 1.94 bits per heavy atom. The van der Waals surface area contributed by atoms with Gasteiger partial charge >= 0.3 is 12.1 Å². The molecule has 4 rings (SSSR count). The molecule has 0 bridgehead atoms. The van der Waals surface area contributed by atoms with Crippen molar-refractivity contribution in [2.45, 2.75) is 32.0 Å². The van der Waals surface area contributed by atoms with Gasteiger partial charge in [-0.25, -0.2) is 0 Å². The fourth-order valence-electron chi connectivity index (χ4n) is 4.34. The predicted molar refractivity (Wildman–Crippen MR) is 117 cm³/mol. The number of nitrogens with zero attached hydrogens (tertiary/aromatic N) is 3. The molecule has 0 aliphatic carbocycles. The Bertz CT molecular complexity index is 1180. The summed E-state index contributed by atoms with van der Waals surface area (Å²) in [7, 11) is 0. The number of likely N-dealkylation sites (tertiary alicyclic amines) is 1. The largest absolute Gasteiger partial charge is 0.507 e. The number of piperidine rings is 1. The molecule has 33 heavy (non-hydrogen) atoms. The predicted octanol–water partition coefficient (Wildman–Crippen LogP) is 4.29. The van der Waals surface area contributed by atoms with Gasteiger partial charge in [-0.1, -0.05) is 24.3 Å². The minimum Gasteiger partial charge on any atom is -0.507 e. The molecular weight excluding hydrogens is 437 g/mol. The topological polar surface area (TPSA) is 98.6 Å². The van der Waals surface area contributed by atoms with Crippen molar-refractivity contribution in [3.8, 4) is 17.0 Å². The summed E-state index contributed by atoms with van der Waals surface area (Å²) < 4.78 is 39.4. The summed E-state index contributed by atoms with van der Waals surface area (Å²) in [6.45, 7) is 2.72. The highest BCUT2D eigenvalue weighted by Crippen LogP contribution is 2.41. The van der Waals surface area contributed by atoms with Crippen molar-refractivity contribution in [3.05, 3.63) is 47.5 Å². The van der Waals surface area contributed by atoms with Gasteiger partial charge in [-0.3, -0.25) is 9.69 Å². The molecule has 1 fully saturated rings. The number of carboxylic acid groups (broad SMARTS) is 1. The molecule has 1 atom stereocenters. The summed E-state index contributed by atoms with van der Waals surface area (Å²) in [6, 6.07) is 8.85.